The van der Waals surface area contributed by atoms with Gasteiger partial charge in [0.2, 0.25) is 0 Å². The van der Waals surface area contributed by atoms with Crippen molar-refractivity contribution in [2.45, 2.75) is 123 Å². The van der Waals surface area contributed by atoms with Crippen LogP contribution in [0, 0.1) is 0 Å². The molecule has 0 radical (unpaired) electrons. The lowest BCUT2D eigenvalue weighted by Gasteiger charge is -2.24. The number of ether oxygens (including phenoxy) is 11. The van der Waals surface area contributed by atoms with Gasteiger partial charge in [-0.05, 0) is 27.2 Å². The SMILES string of the molecule is CCCCCCCCCCCCCCCC(=O)OCCOCCOCCOCCOCCOCCOCCOCCOCCOCCN(C)C(=O)OC(C)(C)C. The number of carbonyl (C=O) groups excluding carboxylic acids is 2. The van der Waals surface area contributed by atoms with Gasteiger partial charge in [-0.25, -0.2) is 4.79 Å². The van der Waals surface area contributed by atoms with Crippen LogP contribution in [0.4, 0.5) is 4.79 Å². The largest absolute Gasteiger partial charge is 0.463 e. The Bertz CT molecular complexity index is 831. The minimum Gasteiger partial charge on any atom is -0.463 e. The van der Waals surface area contributed by atoms with Crippen molar-refractivity contribution in [2.75, 3.05) is 139 Å². The molecular formula is C42H83NO13. The van der Waals surface area contributed by atoms with Crippen LogP contribution in [-0.4, -0.2) is 162 Å². The molecule has 1 amide bonds. The Morgan fingerprint density at radius 1 is 0.411 bits per heavy atom. The lowest BCUT2D eigenvalue weighted by Crippen LogP contribution is -2.36. The third kappa shape index (κ3) is 45.1. The minimum absolute atomic E-state index is 0.135. The summed E-state index contributed by atoms with van der Waals surface area (Å²) in [7, 11) is 1.68. The lowest BCUT2D eigenvalue weighted by molar-refractivity contribution is -0.145. The normalized spacial score (nSPS) is 11.7. The number of esters is 1. The van der Waals surface area contributed by atoms with Crippen LogP contribution in [0.25, 0.3) is 0 Å². The van der Waals surface area contributed by atoms with Crippen molar-refractivity contribution >= 4 is 12.1 Å². The number of hydrogen-bond donors (Lipinski definition) is 0. The van der Waals surface area contributed by atoms with Crippen molar-refractivity contribution in [2.24, 2.45) is 0 Å². The van der Waals surface area contributed by atoms with E-state index in [9.17, 15) is 9.59 Å². The van der Waals surface area contributed by atoms with Gasteiger partial charge in [0.15, 0.2) is 0 Å². The number of hydrogen-bond acceptors (Lipinski definition) is 13. The second-order valence-corrected chi connectivity index (χ2v) is 14.6. The molecule has 0 unspecified atom stereocenters. The molecule has 14 heteroatoms. The molecule has 0 bridgehead atoms. The fourth-order valence-electron chi connectivity index (χ4n) is 5.07. The highest BCUT2D eigenvalue weighted by Crippen LogP contribution is 2.13. The summed E-state index contributed by atoms with van der Waals surface area (Å²) >= 11 is 0. The monoisotopic (exact) mass is 810 g/mol. The van der Waals surface area contributed by atoms with Crippen molar-refractivity contribution in [1.82, 2.24) is 4.90 Å². The van der Waals surface area contributed by atoms with Gasteiger partial charge in [0.25, 0.3) is 0 Å². The van der Waals surface area contributed by atoms with E-state index < -0.39 is 5.60 Å². The molecule has 0 aliphatic rings. The van der Waals surface area contributed by atoms with E-state index in [1.807, 2.05) is 20.8 Å². The molecule has 0 aromatic carbocycles. The van der Waals surface area contributed by atoms with E-state index in [4.69, 9.17) is 52.1 Å². The van der Waals surface area contributed by atoms with E-state index >= 15 is 0 Å². The summed E-state index contributed by atoms with van der Waals surface area (Å²) in [5, 5.41) is 0. The Morgan fingerprint density at radius 2 is 0.696 bits per heavy atom. The van der Waals surface area contributed by atoms with Crippen LogP contribution in [-0.2, 0) is 56.9 Å². The Morgan fingerprint density at radius 3 is 1.02 bits per heavy atom. The Kier molecular flexibility index (Phi) is 41.7. The summed E-state index contributed by atoms with van der Waals surface area (Å²) in [4.78, 5) is 25.2. The molecule has 56 heavy (non-hydrogen) atoms. The van der Waals surface area contributed by atoms with Gasteiger partial charge < -0.3 is 57.0 Å². The number of rotatable bonds is 44. The van der Waals surface area contributed by atoms with Crippen LogP contribution >= 0.6 is 0 Å². The van der Waals surface area contributed by atoms with E-state index in [1.54, 1.807) is 7.05 Å². The van der Waals surface area contributed by atoms with Gasteiger partial charge in [0, 0.05) is 20.0 Å². The van der Waals surface area contributed by atoms with Gasteiger partial charge in [-0.1, -0.05) is 84.0 Å². The van der Waals surface area contributed by atoms with Crippen LogP contribution in [0.3, 0.4) is 0 Å². The quantitative estimate of drug-likeness (QED) is 0.0461. The topological polar surface area (TPSA) is 139 Å². The summed E-state index contributed by atoms with van der Waals surface area (Å²) < 4.78 is 60.0. The smallest absolute Gasteiger partial charge is 0.410 e. The highest BCUT2D eigenvalue weighted by molar-refractivity contribution is 5.69. The van der Waals surface area contributed by atoms with E-state index in [1.165, 1.54) is 75.5 Å². The van der Waals surface area contributed by atoms with Gasteiger partial charge in [0.1, 0.15) is 12.2 Å². The van der Waals surface area contributed by atoms with Gasteiger partial charge in [0.05, 0.1) is 119 Å². The van der Waals surface area contributed by atoms with Gasteiger partial charge in [-0.3, -0.25) is 4.79 Å². The molecule has 0 atom stereocenters. The molecule has 0 saturated carbocycles. The lowest BCUT2D eigenvalue weighted by atomic mass is 10.0. The third-order valence-corrected chi connectivity index (χ3v) is 8.23. The van der Waals surface area contributed by atoms with Crippen LogP contribution in [0.1, 0.15) is 118 Å². The van der Waals surface area contributed by atoms with Crippen LogP contribution in [0.5, 0.6) is 0 Å². The first-order valence-corrected chi connectivity index (χ1v) is 21.6. The molecule has 0 aromatic rings. The van der Waals surface area contributed by atoms with E-state index in [0.29, 0.717) is 132 Å². The zero-order valence-electron chi connectivity index (χ0n) is 36.3. The maximum absolute atomic E-state index is 11.9. The average molecular weight is 810 g/mol. The first-order valence-electron chi connectivity index (χ1n) is 21.6. The highest BCUT2D eigenvalue weighted by atomic mass is 16.6. The van der Waals surface area contributed by atoms with Crippen molar-refractivity contribution in [1.29, 1.82) is 0 Å². The molecular weight excluding hydrogens is 726 g/mol. The third-order valence-electron chi connectivity index (χ3n) is 8.23. The maximum Gasteiger partial charge on any atom is 0.410 e. The number of amides is 1. The molecule has 0 N–H and O–H groups in total. The van der Waals surface area contributed by atoms with Crippen molar-refractivity contribution in [3.05, 3.63) is 0 Å². The first-order chi connectivity index (χ1) is 27.3. The first kappa shape index (κ1) is 54.4. The second-order valence-electron chi connectivity index (χ2n) is 14.6. The highest BCUT2D eigenvalue weighted by Gasteiger charge is 2.19. The van der Waals surface area contributed by atoms with E-state index in [2.05, 4.69) is 6.92 Å². The Hall–Kier alpha value is -1.62. The molecule has 0 fully saturated rings. The minimum atomic E-state index is -0.512. The molecule has 0 aliphatic carbocycles. The summed E-state index contributed by atoms with van der Waals surface area (Å²) in [6.45, 7) is 16.9. The number of unbranched alkanes of at least 4 members (excludes halogenated alkanes) is 12. The van der Waals surface area contributed by atoms with Gasteiger partial charge in [-0.2, -0.15) is 0 Å². The van der Waals surface area contributed by atoms with E-state index in [-0.39, 0.29) is 18.7 Å². The van der Waals surface area contributed by atoms with Crippen molar-refractivity contribution in [3.8, 4) is 0 Å². The molecule has 0 heterocycles. The molecule has 0 aromatic heterocycles. The van der Waals surface area contributed by atoms with Crippen LogP contribution in [0.2, 0.25) is 0 Å². The summed E-state index contributed by atoms with van der Waals surface area (Å²) in [5.74, 6) is -0.135. The predicted molar refractivity (Wildman–Crippen MR) is 218 cm³/mol. The zero-order chi connectivity index (χ0) is 41.1. The second kappa shape index (κ2) is 43.0. The standard InChI is InChI=1S/C42H83NO13/c1-6-7-8-9-10-11-12-13-14-15-16-17-18-19-40(44)55-39-38-54-37-36-53-35-34-52-33-32-51-31-30-50-29-28-49-27-26-48-25-24-47-23-22-46-21-20-43(5)41(45)56-42(2,3)4/h6-39H2,1-5H3. The maximum atomic E-state index is 11.9. The van der Waals surface area contributed by atoms with E-state index in [0.717, 1.165) is 12.8 Å². The number of likely N-dealkylation sites (N-methyl/N-ethyl adjacent to an activating group) is 1. The van der Waals surface area contributed by atoms with Gasteiger partial charge in [-0.15, -0.1) is 0 Å². The van der Waals surface area contributed by atoms with Crippen LogP contribution in [0.15, 0.2) is 0 Å². The molecule has 14 nitrogen and oxygen atoms in total. The molecule has 334 valence electrons. The van der Waals surface area contributed by atoms with Gasteiger partial charge >= 0.3 is 12.1 Å². The van der Waals surface area contributed by atoms with Crippen molar-refractivity contribution in [3.63, 3.8) is 0 Å². The zero-order valence-corrected chi connectivity index (χ0v) is 36.3. The molecule has 0 aliphatic heterocycles. The fourth-order valence-corrected chi connectivity index (χ4v) is 5.07. The molecule has 0 rings (SSSR count). The number of carbonyl (C=O) groups is 2. The molecule has 0 spiro atoms. The fraction of sp³-hybridized carbons (Fsp3) is 0.952. The molecule has 0 saturated heterocycles. The Labute approximate surface area is 340 Å². The summed E-state index contributed by atoms with van der Waals surface area (Å²) in [5.41, 5.74) is -0.512. The average Bonchev–Trinajstić information content (AvgIpc) is 3.16. The Balaban J connectivity index is 3.19. The predicted octanol–water partition coefficient (Wildman–Crippen LogP) is 7.03. The van der Waals surface area contributed by atoms with Crippen molar-refractivity contribution < 1.29 is 61.7 Å². The summed E-state index contributed by atoms with van der Waals surface area (Å²) in [6, 6.07) is 0. The number of nitrogens with zero attached hydrogens (tertiary/aromatic N) is 1. The summed E-state index contributed by atoms with van der Waals surface area (Å²) in [6.07, 6.45) is 16.9. The van der Waals surface area contributed by atoms with Crippen LogP contribution < -0.4 is 0 Å².